The number of anilines is 2. The SMILES string of the molecule is N=C1N=NC(=O)N(c2ccccc2)C1Nc1cc(C(F)(F)F)cc(C(F)(F)F)c1. The van der Waals surface area contributed by atoms with Crippen molar-refractivity contribution in [1.29, 1.82) is 5.41 Å². The van der Waals surface area contributed by atoms with E-state index in [1.165, 1.54) is 12.1 Å². The van der Waals surface area contributed by atoms with E-state index in [1.807, 2.05) is 0 Å². The zero-order valence-electron chi connectivity index (χ0n) is 14.2. The fourth-order valence-corrected chi connectivity index (χ4v) is 2.61. The lowest BCUT2D eigenvalue weighted by Crippen LogP contribution is -2.50. The molecule has 1 unspecified atom stereocenters. The number of rotatable bonds is 3. The van der Waals surface area contributed by atoms with Crippen LogP contribution in [0.5, 0.6) is 0 Å². The molecule has 2 aromatic rings. The molecule has 0 radical (unpaired) electrons. The number of azo groups is 1. The second kappa shape index (κ2) is 7.18. The van der Waals surface area contributed by atoms with Gasteiger partial charge in [-0.1, -0.05) is 23.3 Å². The van der Waals surface area contributed by atoms with Gasteiger partial charge in [-0.2, -0.15) is 26.3 Å². The van der Waals surface area contributed by atoms with Crippen molar-refractivity contribution in [3.63, 3.8) is 0 Å². The van der Waals surface area contributed by atoms with Crippen LogP contribution in [0.3, 0.4) is 0 Å². The van der Waals surface area contributed by atoms with Gasteiger partial charge in [0.25, 0.3) is 0 Å². The summed E-state index contributed by atoms with van der Waals surface area (Å²) in [5.74, 6) is -0.570. The van der Waals surface area contributed by atoms with E-state index in [-0.39, 0.29) is 11.8 Å². The normalized spacial score (nSPS) is 17.6. The predicted molar refractivity (Wildman–Crippen MR) is 90.8 cm³/mol. The molecule has 29 heavy (non-hydrogen) atoms. The predicted octanol–water partition coefficient (Wildman–Crippen LogP) is 5.53. The van der Waals surface area contributed by atoms with E-state index in [1.54, 1.807) is 18.2 Å². The topological polar surface area (TPSA) is 80.9 Å². The maximum absolute atomic E-state index is 13.1. The average molecular weight is 415 g/mol. The molecule has 0 fully saturated rings. The van der Waals surface area contributed by atoms with Crippen LogP contribution in [-0.4, -0.2) is 18.0 Å². The number of hydrogen-bond donors (Lipinski definition) is 2. The van der Waals surface area contributed by atoms with E-state index in [0.29, 0.717) is 12.1 Å². The van der Waals surface area contributed by atoms with E-state index in [0.717, 1.165) is 4.90 Å². The summed E-state index contributed by atoms with van der Waals surface area (Å²) in [5.41, 5.74) is -3.43. The molecule has 3 rings (SSSR count). The Labute approximate surface area is 159 Å². The Bertz CT molecular complexity index is 938. The highest BCUT2D eigenvalue weighted by Gasteiger charge is 2.38. The highest BCUT2D eigenvalue weighted by atomic mass is 19.4. The minimum absolute atomic E-state index is 0.0167. The van der Waals surface area contributed by atoms with E-state index in [4.69, 9.17) is 5.41 Å². The Morgan fingerprint density at radius 1 is 0.897 bits per heavy atom. The number of nitrogens with zero attached hydrogens (tertiary/aromatic N) is 3. The van der Waals surface area contributed by atoms with E-state index < -0.39 is 47.2 Å². The number of amides is 2. The van der Waals surface area contributed by atoms with Crippen LogP contribution in [0.1, 0.15) is 11.1 Å². The summed E-state index contributed by atoms with van der Waals surface area (Å²) < 4.78 is 78.4. The number of halogens is 6. The lowest BCUT2D eigenvalue weighted by atomic mass is 10.1. The first kappa shape index (κ1) is 20.3. The van der Waals surface area contributed by atoms with Crippen molar-refractivity contribution in [2.75, 3.05) is 10.2 Å². The number of carbonyl (C=O) groups is 1. The lowest BCUT2D eigenvalue weighted by molar-refractivity contribution is -0.143. The molecule has 1 aliphatic rings. The van der Waals surface area contributed by atoms with Crippen LogP contribution in [-0.2, 0) is 12.4 Å². The van der Waals surface area contributed by atoms with Gasteiger partial charge < -0.3 is 5.32 Å². The van der Waals surface area contributed by atoms with Gasteiger partial charge in [-0.05, 0) is 30.3 Å². The summed E-state index contributed by atoms with van der Waals surface area (Å²) in [5, 5.41) is 16.8. The Kier molecular flexibility index (Phi) is 5.03. The number of benzene rings is 2. The second-order valence-corrected chi connectivity index (χ2v) is 5.91. The summed E-state index contributed by atoms with van der Waals surface area (Å²) in [4.78, 5) is 13.1. The Morgan fingerprint density at radius 2 is 1.45 bits per heavy atom. The minimum Gasteiger partial charge on any atom is -0.358 e. The first-order valence-electron chi connectivity index (χ1n) is 7.91. The zero-order chi connectivity index (χ0) is 21.4. The molecule has 2 amide bonds. The molecule has 0 aromatic heterocycles. The third-order valence-corrected chi connectivity index (χ3v) is 3.89. The van der Waals surface area contributed by atoms with E-state index in [9.17, 15) is 31.1 Å². The van der Waals surface area contributed by atoms with E-state index in [2.05, 4.69) is 15.5 Å². The summed E-state index contributed by atoms with van der Waals surface area (Å²) in [6.45, 7) is 0. The van der Waals surface area contributed by atoms with Crippen LogP contribution in [0, 0.1) is 5.41 Å². The molecule has 1 aliphatic heterocycles. The first-order chi connectivity index (χ1) is 13.5. The van der Waals surface area contributed by atoms with Crippen molar-refractivity contribution in [2.24, 2.45) is 10.2 Å². The largest absolute Gasteiger partial charge is 0.416 e. The molecule has 2 N–H and O–H groups in total. The third-order valence-electron chi connectivity index (χ3n) is 3.89. The van der Waals surface area contributed by atoms with Gasteiger partial charge >= 0.3 is 18.4 Å². The summed E-state index contributed by atoms with van der Waals surface area (Å²) in [7, 11) is 0. The summed E-state index contributed by atoms with van der Waals surface area (Å²) >= 11 is 0. The fraction of sp³-hybridized carbons (Fsp3) is 0.176. The van der Waals surface area contributed by atoms with Gasteiger partial charge in [-0.3, -0.25) is 10.3 Å². The van der Waals surface area contributed by atoms with Crippen molar-refractivity contribution in [3.05, 3.63) is 59.7 Å². The van der Waals surface area contributed by atoms with Gasteiger partial charge in [-0.25, -0.2) is 4.79 Å². The third kappa shape index (κ3) is 4.36. The highest BCUT2D eigenvalue weighted by molar-refractivity contribution is 6.05. The molecule has 0 spiro atoms. The molecule has 2 aromatic carbocycles. The van der Waals surface area contributed by atoms with Crippen molar-refractivity contribution < 1.29 is 31.1 Å². The monoisotopic (exact) mass is 415 g/mol. The highest BCUT2D eigenvalue weighted by Crippen LogP contribution is 2.38. The molecule has 0 bridgehead atoms. The van der Waals surface area contributed by atoms with Gasteiger partial charge in [0.2, 0.25) is 0 Å². The van der Waals surface area contributed by atoms with Crippen LogP contribution in [0.2, 0.25) is 0 Å². The Balaban J connectivity index is 2.05. The molecule has 1 heterocycles. The second-order valence-electron chi connectivity index (χ2n) is 5.91. The van der Waals surface area contributed by atoms with Gasteiger partial charge in [0.05, 0.1) is 11.1 Å². The van der Waals surface area contributed by atoms with Crippen molar-refractivity contribution >= 4 is 23.2 Å². The van der Waals surface area contributed by atoms with Crippen LogP contribution in [0.15, 0.2) is 58.8 Å². The van der Waals surface area contributed by atoms with Crippen LogP contribution < -0.4 is 10.2 Å². The maximum Gasteiger partial charge on any atom is 0.416 e. The summed E-state index contributed by atoms with van der Waals surface area (Å²) in [6, 6.07) is 7.65. The molecule has 152 valence electrons. The number of nitrogens with one attached hydrogen (secondary N) is 2. The molecule has 0 saturated carbocycles. The average Bonchev–Trinajstić information content (AvgIpc) is 2.64. The maximum atomic E-state index is 13.1. The standard InChI is InChI=1S/C17H11F6N5O/c18-16(19,20)9-6-10(17(21,22)23)8-11(7-9)25-14-13(24)26-27-15(29)28(14)12-4-2-1-3-5-12/h1-8,14,24-25H. The van der Waals surface area contributed by atoms with Gasteiger partial charge in [0, 0.05) is 11.4 Å². The number of para-hydroxylation sites is 1. The number of hydrogen-bond acceptors (Lipinski definition) is 3. The quantitative estimate of drug-likeness (QED) is 0.646. The smallest absolute Gasteiger partial charge is 0.358 e. The Morgan fingerprint density at radius 3 is 1.97 bits per heavy atom. The van der Waals surface area contributed by atoms with Crippen molar-refractivity contribution in [2.45, 2.75) is 18.5 Å². The first-order valence-corrected chi connectivity index (χ1v) is 7.91. The number of alkyl halides is 6. The molecule has 1 atom stereocenters. The lowest BCUT2D eigenvalue weighted by Gasteiger charge is -2.32. The zero-order valence-corrected chi connectivity index (χ0v) is 14.2. The molecular weight excluding hydrogens is 404 g/mol. The molecule has 0 saturated heterocycles. The van der Waals surface area contributed by atoms with Gasteiger partial charge in [-0.15, -0.1) is 5.11 Å². The summed E-state index contributed by atoms with van der Waals surface area (Å²) in [6.07, 6.45) is -11.5. The van der Waals surface area contributed by atoms with Gasteiger partial charge in [0.1, 0.15) is 0 Å². The van der Waals surface area contributed by atoms with Crippen LogP contribution >= 0.6 is 0 Å². The number of carbonyl (C=O) groups excluding carboxylic acids is 1. The molecule has 12 heteroatoms. The van der Waals surface area contributed by atoms with Crippen molar-refractivity contribution in [1.82, 2.24) is 0 Å². The van der Waals surface area contributed by atoms with Gasteiger partial charge in [0.15, 0.2) is 12.0 Å². The number of amidine groups is 1. The van der Waals surface area contributed by atoms with Crippen LogP contribution in [0.4, 0.5) is 42.5 Å². The minimum atomic E-state index is -5.04. The molecule has 6 nitrogen and oxygen atoms in total. The molecular formula is C17H11F6N5O. The van der Waals surface area contributed by atoms with Crippen molar-refractivity contribution in [3.8, 4) is 0 Å². The van der Waals surface area contributed by atoms with Crippen LogP contribution in [0.25, 0.3) is 0 Å². The number of urea groups is 1. The Hall–Kier alpha value is -3.44. The molecule has 0 aliphatic carbocycles. The fourth-order valence-electron chi connectivity index (χ4n) is 2.61. The van der Waals surface area contributed by atoms with E-state index >= 15 is 0 Å².